The molecule has 0 spiro atoms. The fourth-order valence-electron chi connectivity index (χ4n) is 2.89. The molecule has 0 aliphatic carbocycles. The standard InChI is InChI=1S/C14H21N5O2S.ClH/c1-9-7-15-5-4-13(9)18-22(20,21)11-6-12-10(2)17-19(3)14(12)16-8-11;/h6,8-9,13,15,18H,4-5,7H2,1-3H3;1H. The van der Waals surface area contributed by atoms with Crippen LogP contribution in [0.1, 0.15) is 19.0 Å². The smallest absolute Gasteiger partial charge is 0.242 e. The van der Waals surface area contributed by atoms with Gasteiger partial charge in [0.15, 0.2) is 5.65 Å². The molecule has 1 aliphatic heterocycles. The lowest BCUT2D eigenvalue weighted by molar-refractivity contribution is 0.328. The van der Waals surface area contributed by atoms with E-state index < -0.39 is 10.0 Å². The molecule has 0 amide bonds. The number of aromatic nitrogens is 3. The Hall–Kier alpha value is -1.22. The maximum Gasteiger partial charge on any atom is 0.242 e. The zero-order valence-electron chi connectivity index (χ0n) is 13.4. The molecule has 0 radical (unpaired) electrons. The second-order valence-corrected chi connectivity index (χ2v) is 7.66. The number of rotatable bonds is 3. The van der Waals surface area contributed by atoms with Gasteiger partial charge in [-0.3, -0.25) is 4.68 Å². The third-order valence-electron chi connectivity index (χ3n) is 4.24. The lowest BCUT2D eigenvalue weighted by atomic mass is 9.97. The lowest BCUT2D eigenvalue weighted by Crippen LogP contribution is -2.48. The van der Waals surface area contributed by atoms with Gasteiger partial charge in [0.05, 0.1) is 5.69 Å². The first-order chi connectivity index (χ1) is 10.4. The van der Waals surface area contributed by atoms with Gasteiger partial charge in [-0.05, 0) is 38.4 Å². The number of pyridine rings is 1. The van der Waals surface area contributed by atoms with Gasteiger partial charge in [-0.2, -0.15) is 5.10 Å². The summed E-state index contributed by atoms with van der Waals surface area (Å²) in [5, 5.41) is 8.31. The fraction of sp³-hybridized carbons (Fsp3) is 0.571. The second-order valence-electron chi connectivity index (χ2n) is 5.95. The molecule has 0 bridgehead atoms. The van der Waals surface area contributed by atoms with Crippen LogP contribution < -0.4 is 10.0 Å². The van der Waals surface area contributed by atoms with Crippen molar-refractivity contribution >= 4 is 33.5 Å². The van der Waals surface area contributed by atoms with E-state index in [1.807, 2.05) is 13.8 Å². The highest BCUT2D eigenvalue weighted by atomic mass is 35.5. The van der Waals surface area contributed by atoms with Gasteiger partial charge in [-0.1, -0.05) is 6.92 Å². The minimum atomic E-state index is -3.57. The largest absolute Gasteiger partial charge is 0.316 e. The summed E-state index contributed by atoms with van der Waals surface area (Å²) in [6.07, 6.45) is 2.19. The molecule has 7 nitrogen and oxygen atoms in total. The number of nitrogens with zero attached hydrogens (tertiary/aromatic N) is 3. The Labute approximate surface area is 142 Å². The van der Waals surface area contributed by atoms with Gasteiger partial charge in [0.25, 0.3) is 0 Å². The number of nitrogens with one attached hydrogen (secondary N) is 2. The molecule has 0 aromatic carbocycles. The molecular formula is C14H22ClN5O2S. The van der Waals surface area contributed by atoms with E-state index in [9.17, 15) is 8.42 Å². The van der Waals surface area contributed by atoms with Crippen LogP contribution in [0.25, 0.3) is 11.0 Å². The van der Waals surface area contributed by atoms with Crippen LogP contribution >= 0.6 is 12.4 Å². The molecule has 2 atom stereocenters. The maximum atomic E-state index is 12.6. The van der Waals surface area contributed by atoms with E-state index in [2.05, 4.69) is 20.1 Å². The number of fused-ring (bicyclic) bond motifs is 1. The molecule has 2 unspecified atom stereocenters. The van der Waals surface area contributed by atoms with Crippen LogP contribution in [0.3, 0.4) is 0 Å². The highest BCUT2D eigenvalue weighted by Crippen LogP contribution is 2.20. The van der Waals surface area contributed by atoms with Crippen molar-refractivity contribution < 1.29 is 8.42 Å². The van der Waals surface area contributed by atoms with Crippen molar-refractivity contribution in [3.05, 3.63) is 18.0 Å². The average Bonchev–Trinajstić information content (AvgIpc) is 2.76. The first kappa shape index (κ1) is 18.1. The zero-order chi connectivity index (χ0) is 15.9. The normalized spacial score (nSPS) is 22.0. The Morgan fingerprint density at radius 1 is 1.43 bits per heavy atom. The van der Waals surface area contributed by atoms with E-state index in [0.29, 0.717) is 5.65 Å². The molecule has 0 saturated carbocycles. The minimum absolute atomic E-state index is 0. The van der Waals surface area contributed by atoms with E-state index in [1.165, 1.54) is 6.20 Å². The second kappa shape index (κ2) is 6.72. The van der Waals surface area contributed by atoms with Gasteiger partial charge in [0.1, 0.15) is 4.90 Å². The van der Waals surface area contributed by atoms with Crippen LogP contribution in [0, 0.1) is 12.8 Å². The van der Waals surface area contributed by atoms with Crippen LogP contribution in [-0.2, 0) is 17.1 Å². The Balaban J connectivity index is 0.00000192. The molecular weight excluding hydrogens is 338 g/mol. The summed E-state index contributed by atoms with van der Waals surface area (Å²) in [5.74, 6) is 0.264. The summed E-state index contributed by atoms with van der Waals surface area (Å²) in [7, 11) is -1.77. The molecule has 1 aliphatic rings. The summed E-state index contributed by atoms with van der Waals surface area (Å²) >= 11 is 0. The summed E-state index contributed by atoms with van der Waals surface area (Å²) in [6, 6.07) is 1.61. The Kier molecular flexibility index (Phi) is 5.30. The highest BCUT2D eigenvalue weighted by molar-refractivity contribution is 7.89. The summed E-state index contributed by atoms with van der Waals surface area (Å²) in [4.78, 5) is 4.45. The minimum Gasteiger partial charge on any atom is -0.316 e. The number of aryl methyl sites for hydroxylation is 2. The summed E-state index contributed by atoms with van der Waals surface area (Å²) in [5.41, 5.74) is 1.46. The molecule has 1 saturated heterocycles. The first-order valence-electron chi connectivity index (χ1n) is 7.41. The summed E-state index contributed by atoms with van der Waals surface area (Å²) < 4.78 is 29.7. The lowest BCUT2D eigenvalue weighted by Gasteiger charge is -2.29. The number of hydrogen-bond acceptors (Lipinski definition) is 5. The van der Waals surface area contributed by atoms with Gasteiger partial charge < -0.3 is 5.32 Å². The van der Waals surface area contributed by atoms with Gasteiger partial charge >= 0.3 is 0 Å². The van der Waals surface area contributed by atoms with E-state index in [0.717, 1.165) is 30.6 Å². The average molecular weight is 360 g/mol. The van der Waals surface area contributed by atoms with Crippen LogP contribution in [0.15, 0.2) is 17.2 Å². The van der Waals surface area contributed by atoms with Crippen molar-refractivity contribution in [3.8, 4) is 0 Å². The zero-order valence-corrected chi connectivity index (χ0v) is 15.0. The Morgan fingerprint density at radius 2 is 2.17 bits per heavy atom. The van der Waals surface area contributed by atoms with Gasteiger partial charge in [0.2, 0.25) is 10.0 Å². The molecule has 2 aromatic heterocycles. The SMILES string of the molecule is Cc1nn(C)c2ncc(S(=O)(=O)NC3CCNCC3C)cc12.Cl. The number of sulfonamides is 1. The topological polar surface area (TPSA) is 88.9 Å². The number of halogens is 1. The Bertz CT molecular complexity index is 805. The Morgan fingerprint density at radius 3 is 2.87 bits per heavy atom. The summed E-state index contributed by atoms with van der Waals surface area (Å²) in [6.45, 7) is 5.55. The monoisotopic (exact) mass is 359 g/mol. The molecule has 1 fully saturated rings. The van der Waals surface area contributed by atoms with Crippen LogP contribution in [0.4, 0.5) is 0 Å². The predicted molar refractivity (Wildman–Crippen MR) is 91.3 cm³/mol. The van der Waals surface area contributed by atoms with E-state index >= 15 is 0 Å². The molecule has 9 heteroatoms. The van der Waals surface area contributed by atoms with Crippen molar-refractivity contribution in [1.29, 1.82) is 0 Å². The van der Waals surface area contributed by atoms with Crippen molar-refractivity contribution in [3.63, 3.8) is 0 Å². The van der Waals surface area contributed by atoms with Crippen molar-refractivity contribution in [2.45, 2.75) is 31.2 Å². The predicted octanol–water partition coefficient (Wildman–Crippen LogP) is 0.975. The molecule has 3 rings (SSSR count). The van der Waals surface area contributed by atoms with Crippen LogP contribution in [0.5, 0.6) is 0 Å². The van der Waals surface area contributed by atoms with Crippen LogP contribution in [-0.4, -0.2) is 42.3 Å². The van der Waals surface area contributed by atoms with E-state index in [1.54, 1.807) is 17.8 Å². The third-order valence-corrected chi connectivity index (χ3v) is 5.70. The van der Waals surface area contributed by atoms with E-state index in [-0.39, 0.29) is 29.3 Å². The molecule has 128 valence electrons. The molecule has 23 heavy (non-hydrogen) atoms. The van der Waals surface area contributed by atoms with Crippen molar-refractivity contribution in [2.75, 3.05) is 13.1 Å². The van der Waals surface area contributed by atoms with Crippen molar-refractivity contribution in [1.82, 2.24) is 24.8 Å². The first-order valence-corrected chi connectivity index (χ1v) is 8.89. The maximum absolute atomic E-state index is 12.6. The third kappa shape index (κ3) is 3.50. The highest BCUT2D eigenvalue weighted by Gasteiger charge is 2.27. The van der Waals surface area contributed by atoms with Crippen LogP contribution in [0.2, 0.25) is 0 Å². The molecule has 2 N–H and O–H groups in total. The van der Waals surface area contributed by atoms with Gasteiger partial charge in [-0.15, -0.1) is 12.4 Å². The van der Waals surface area contributed by atoms with Gasteiger partial charge in [0, 0.05) is 24.7 Å². The molecule has 3 heterocycles. The molecule has 2 aromatic rings. The number of hydrogen-bond donors (Lipinski definition) is 2. The quantitative estimate of drug-likeness (QED) is 0.852. The fourth-order valence-corrected chi connectivity index (χ4v) is 4.24. The van der Waals surface area contributed by atoms with Crippen molar-refractivity contribution in [2.24, 2.45) is 13.0 Å². The van der Waals surface area contributed by atoms with Gasteiger partial charge in [-0.25, -0.2) is 18.1 Å². The number of piperidine rings is 1. The van der Waals surface area contributed by atoms with E-state index in [4.69, 9.17) is 0 Å².